The molecule has 4 rings (SSSR count). The molecule has 2 heterocycles. The molecule has 0 radical (unpaired) electrons. The van der Waals surface area contributed by atoms with Crippen LogP contribution in [0.15, 0.2) is 60.8 Å². The Morgan fingerprint density at radius 1 is 1.00 bits per heavy atom. The van der Waals surface area contributed by atoms with Gasteiger partial charge in [0.05, 0.1) is 5.56 Å². The van der Waals surface area contributed by atoms with E-state index in [1.807, 2.05) is 18.2 Å². The predicted octanol–water partition coefficient (Wildman–Crippen LogP) is 4.93. The highest BCUT2D eigenvalue weighted by molar-refractivity contribution is 5.68. The van der Waals surface area contributed by atoms with Crippen molar-refractivity contribution in [2.75, 3.05) is 16.8 Å². The van der Waals surface area contributed by atoms with E-state index in [4.69, 9.17) is 0 Å². The van der Waals surface area contributed by atoms with Crippen LogP contribution in [0, 0.1) is 0 Å². The first-order valence-corrected chi connectivity index (χ1v) is 8.13. The minimum Gasteiger partial charge on any atom is -0.326 e. The Morgan fingerprint density at radius 3 is 2.69 bits per heavy atom. The lowest BCUT2D eigenvalue weighted by molar-refractivity contribution is -0.137. The smallest absolute Gasteiger partial charge is 0.326 e. The Balaban J connectivity index is 1.60. The summed E-state index contributed by atoms with van der Waals surface area (Å²) in [5, 5.41) is 2.86. The minimum absolute atomic E-state index is 0.256. The van der Waals surface area contributed by atoms with Gasteiger partial charge >= 0.3 is 6.18 Å². The van der Waals surface area contributed by atoms with Gasteiger partial charge in [-0.15, -0.1) is 0 Å². The van der Waals surface area contributed by atoms with Crippen LogP contribution in [-0.2, 0) is 12.6 Å². The number of aromatic nitrogens is 2. The molecular weight excluding hydrogens is 341 g/mol. The Kier molecular flexibility index (Phi) is 3.99. The van der Waals surface area contributed by atoms with Crippen molar-refractivity contribution in [2.24, 2.45) is 0 Å². The van der Waals surface area contributed by atoms with Gasteiger partial charge in [-0.3, -0.25) is 0 Å². The maximum atomic E-state index is 12.9. The second-order valence-electron chi connectivity index (χ2n) is 5.97. The molecule has 1 aromatic heterocycles. The quantitative estimate of drug-likeness (QED) is 0.722. The standard InChI is InChI=1S/C19H15F3N4/c20-19(21,22)14-5-3-6-15(12-14)24-18-23-10-8-17(25-18)26-11-9-13-4-1-2-7-16(13)26/h1-8,10,12H,9,11H2,(H,23,24,25). The summed E-state index contributed by atoms with van der Waals surface area (Å²) in [5.74, 6) is 0.964. The van der Waals surface area contributed by atoms with Crippen LogP contribution in [-0.4, -0.2) is 16.5 Å². The molecule has 0 bridgehead atoms. The van der Waals surface area contributed by atoms with E-state index in [1.54, 1.807) is 18.3 Å². The van der Waals surface area contributed by atoms with Crippen LogP contribution in [0.5, 0.6) is 0 Å². The lowest BCUT2D eigenvalue weighted by Gasteiger charge is -2.19. The van der Waals surface area contributed by atoms with E-state index in [0.29, 0.717) is 11.5 Å². The maximum absolute atomic E-state index is 12.9. The van der Waals surface area contributed by atoms with Crippen molar-refractivity contribution >= 4 is 23.1 Å². The van der Waals surface area contributed by atoms with Crippen LogP contribution in [0.4, 0.5) is 36.3 Å². The number of alkyl halides is 3. The zero-order valence-corrected chi connectivity index (χ0v) is 13.7. The fraction of sp³-hybridized carbons (Fsp3) is 0.158. The molecule has 0 fully saturated rings. The molecule has 1 N–H and O–H groups in total. The maximum Gasteiger partial charge on any atom is 0.416 e. The molecule has 7 heteroatoms. The average molecular weight is 356 g/mol. The molecule has 0 atom stereocenters. The summed E-state index contributed by atoms with van der Waals surface area (Å²) >= 11 is 0. The van der Waals surface area contributed by atoms with E-state index >= 15 is 0 Å². The van der Waals surface area contributed by atoms with Gasteiger partial charge in [0.2, 0.25) is 5.95 Å². The van der Waals surface area contributed by atoms with Gasteiger partial charge in [-0.25, -0.2) is 4.98 Å². The second-order valence-corrected chi connectivity index (χ2v) is 5.97. The molecule has 3 aromatic rings. The van der Waals surface area contributed by atoms with Gasteiger partial charge in [0.15, 0.2) is 0 Å². The molecule has 0 saturated carbocycles. The molecule has 0 unspecified atom stereocenters. The Hall–Kier alpha value is -3.09. The Bertz CT molecular complexity index is 940. The largest absolute Gasteiger partial charge is 0.416 e. The number of hydrogen-bond acceptors (Lipinski definition) is 4. The summed E-state index contributed by atoms with van der Waals surface area (Å²) in [6, 6.07) is 14.9. The van der Waals surface area contributed by atoms with E-state index in [2.05, 4.69) is 26.3 Å². The Labute approximate surface area is 148 Å². The first kappa shape index (κ1) is 16.4. The molecule has 1 aliphatic rings. The fourth-order valence-corrected chi connectivity index (χ4v) is 3.04. The summed E-state index contributed by atoms with van der Waals surface area (Å²) in [4.78, 5) is 10.7. The third kappa shape index (κ3) is 3.20. The average Bonchev–Trinajstić information content (AvgIpc) is 3.06. The topological polar surface area (TPSA) is 41.1 Å². The van der Waals surface area contributed by atoms with Crippen molar-refractivity contribution in [3.8, 4) is 0 Å². The number of fused-ring (bicyclic) bond motifs is 1. The monoisotopic (exact) mass is 356 g/mol. The molecule has 132 valence electrons. The molecule has 1 aliphatic heterocycles. The van der Waals surface area contributed by atoms with Gasteiger partial charge in [0.25, 0.3) is 0 Å². The zero-order valence-electron chi connectivity index (χ0n) is 13.7. The molecule has 4 nitrogen and oxygen atoms in total. The summed E-state index contributed by atoms with van der Waals surface area (Å²) in [6.07, 6.45) is -1.87. The van der Waals surface area contributed by atoms with Crippen LogP contribution < -0.4 is 10.2 Å². The molecule has 0 spiro atoms. The summed E-state index contributed by atoms with van der Waals surface area (Å²) in [6.45, 7) is 0.805. The van der Waals surface area contributed by atoms with Gasteiger partial charge in [-0.1, -0.05) is 24.3 Å². The van der Waals surface area contributed by atoms with Crippen molar-refractivity contribution < 1.29 is 13.2 Å². The van der Waals surface area contributed by atoms with Crippen molar-refractivity contribution in [3.63, 3.8) is 0 Å². The molecule has 26 heavy (non-hydrogen) atoms. The third-order valence-electron chi connectivity index (χ3n) is 4.25. The van der Waals surface area contributed by atoms with Crippen molar-refractivity contribution in [1.29, 1.82) is 0 Å². The minimum atomic E-state index is -4.39. The highest BCUT2D eigenvalue weighted by Crippen LogP contribution is 2.34. The zero-order chi connectivity index (χ0) is 18.1. The number of para-hydroxylation sites is 1. The number of rotatable bonds is 3. The van der Waals surface area contributed by atoms with E-state index < -0.39 is 11.7 Å². The molecular formula is C19H15F3N4. The van der Waals surface area contributed by atoms with Crippen LogP contribution in [0.25, 0.3) is 0 Å². The number of halogens is 3. The van der Waals surface area contributed by atoms with Gasteiger partial charge in [-0.05, 0) is 42.3 Å². The normalized spacial score (nSPS) is 13.6. The van der Waals surface area contributed by atoms with Crippen LogP contribution in [0.1, 0.15) is 11.1 Å². The van der Waals surface area contributed by atoms with E-state index in [1.165, 1.54) is 11.6 Å². The second kappa shape index (κ2) is 6.33. The summed E-state index contributed by atoms with van der Waals surface area (Å²) < 4.78 is 38.6. The van der Waals surface area contributed by atoms with Gasteiger partial charge < -0.3 is 10.2 Å². The van der Waals surface area contributed by atoms with Gasteiger partial charge in [0.1, 0.15) is 5.82 Å². The number of nitrogens with one attached hydrogen (secondary N) is 1. The third-order valence-corrected chi connectivity index (χ3v) is 4.25. The SMILES string of the molecule is FC(F)(F)c1cccc(Nc2nccc(N3CCc4ccccc43)n2)c1. The lowest BCUT2D eigenvalue weighted by Crippen LogP contribution is -2.15. The van der Waals surface area contributed by atoms with Gasteiger partial charge in [-0.2, -0.15) is 18.2 Å². The van der Waals surface area contributed by atoms with E-state index in [0.717, 1.165) is 30.8 Å². The first-order valence-electron chi connectivity index (χ1n) is 8.13. The van der Waals surface area contributed by atoms with Crippen molar-refractivity contribution in [3.05, 3.63) is 71.9 Å². The number of anilines is 4. The fourth-order valence-electron chi connectivity index (χ4n) is 3.04. The van der Waals surface area contributed by atoms with Crippen molar-refractivity contribution in [2.45, 2.75) is 12.6 Å². The Morgan fingerprint density at radius 2 is 1.85 bits per heavy atom. The van der Waals surface area contributed by atoms with Crippen molar-refractivity contribution in [1.82, 2.24) is 9.97 Å². The highest BCUT2D eigenvalue weighted by atomic mass is 19.4. The van der Waals surface area contributed by atoms with Crippen LogP contribution in [0.3, 0.4) is 0 Å². The molecule has 0 amide bonds. The lowest BCUT2D eigenvalue weighted by atomic mass is 10.2. The number of benzene rings is 2. The van der Waals surface area contributed by atoms with E-state index in [-0.39, 0.29) is 5.95 Å². The van der Waals surface area contributed by atoms with Gasteiger partial charge in [0, 0.05) is 24.1 Å². The molecule has 0 saturated heterocycles. The molecule has 0 aliphatic carbocycles. The van der Waals surface area contributed by atoms with E-state index in [9.17, 15) is 13.2 Å². The first-order chi connectivity index (χ1) is 12.5. The predicted molar refractivity (Wildman–Crippen MR) is 93.9 cm³/mol. The molecule has 2 aromatic carbocycles. The number of nitrogens with zero attached hydrogens (tertiary/aromatic N) is 3. The number of hydrogen-bond donors (Lipinski definition) is 1. The van der Waals surface area contributed by atoms with Crippen LogP contribution in [0.2, 0.25) is 0 Å². The highest BCUT2D eigenvalue weighted by Gasteiger charge is 2.30. The summed E-state index contributed by atoms with van der Waals surface area (Å²) in [5.41, 5.74) is 1.92. The summed E-state index contributed by atoms with van der Waals surface area (Å²) in [7, 11) is 0. The van der Waals surface area contributed by atoms with Crippen LogP contribution >= 0.6 is 0 Å².